The molecule has 0 spiro atoms. The van der Waals surface area contributed by atoms with Crippen molar-refractivity contribution in [3.05, 3.63) is 29.5 Å². The Morgan fingerprint density at radius 3 is 2.52 bits per heavy atom. The molecule has 114 valence electrons. The Morgan fingerprint density at radius 1 is 1.24 bits per heavy atom. The molecule has 2 rings (SSSR count). The van der Waals surface area contributed by atoms with Gasteiger partial charge in [-0.3, -0.25) is 4.98 Å². The molecule has 0 unspecified atom stereocenters. The molecule has 0 aliphatic heterocycles. The molecule has 0 atom stereocenters. The van der Waals surface area contributed by atoms with E-state index in [1.807, 2.05) is 0 Å². The highest BCUT2D eigenvalue weighted by Crippen LogP contribution is 2.35. The number of nitrogens with zero attached hydrogens (tertiary/aromatic N) is 2. The monoisotopic (exact) mass is 285 g/mol. The van der Waals surface area contributed by atoms with Crippen LogP contribution in [0.4, 0.5) is 11.4 Å². The first-order valence-electron chi connectivity index (χ1n) is 7.81. The highest BCUT2D eigenvalue weighted by molar-refractivity contribution is 5.95. The second kappa shape index (κ2) is 6.33. The Morgan fingerprint density at radius 2 is 1.95 bits per heavy atom. The summed E-state index contributed by atoms with van der Waals surface area (Å²) in [6.07, 6.45) is 1.12. The maximum absolute atomic E-state index is 4.81. The molecule has 1 aromatic carbocycles. The van der Waals surface area contributed by atoms with Crippen molar-refractivity contribution in [2.75, 3.05) is 30.9 Å². The van der Waals surface area contributed by atoms with E-state index in [1.54, 1.807) is 0 Å². The zero-order valence-corrected chi connectivity index (χ0v) is 14.1. The Bertz CT molecular complexity index is 630. The minimum absolute atomic E-state index is 0.462. The Labute approximate surface area is 128 Å². The maximum Gasteiger partial charge on any atom is 0.0727 e. The van der Waals surface area contributed by atoms with E-state index < -0.39 is 0 Å². The van der Waals surface area contributed by atoms with Crippen LogP contribution in [0.2, 0.25) is 0 Å². The van der Waals surface area contributed by atoms with Gasteiger partial charge in [-0.05, 0) is 43.0 Å². The van der Waals surface area contributed by atoms with Crippen molar-refractivity contribution >= 4 is 22.3 Å². The van der Waals surface area contributed by atoms with Crippen molar-refractivity contribution in [3.63, 3.8) is 0 Å². The predicted molar refractivity (Wildman–Crippen MR) is 93.7 cm³/mol. The van der Waals surface area contributed by atoms with E-state index in [-0.39, 0.29) is 0 Å². The van der Waals surface area contributed by atoms with Crippen molar-refractivity contribution in [1.29, 1.82) is 0 Å². The number of anilines is 2. The van der Waals surface area contributed by atoms with Gasteiger partial charge in [0, 0.05) is 43.1 Å². The zero-order chi connectivity index (χ0) is 15.6. The molecular formula is C18H27N3. The van der Waals surface area contributed by atoms with Gasteiger partial charge in [-0.1, -0.05) is 20.8 Å². The first-order valence-corrected chi connectivity index (χ1v) is 7.81. The average Bonchev–Trinajstić information content (AvgIpc) is 2.43. The predicted octanol–water partition coefficient (Wildman–Crippen LogP) is 4.55. The average molecular weight is 285 g/mol. The van der Waals surface area contributed by atoms with Gasteiger partial charge in [0.2, 0.25) is 0 Å². The molecule has 0 saturated carbocycles. The normalized spacial score (nSPS) is 11.2. The largest absolute Gasteiger partial charge is 0.384 e. The zero-order valence-electron chi connectivity index (χ0n) is 14.1. The molecule has 0 aliphatic rings. The highest BCUT2D eigenvalue weighted by Gasteiger charge is 2.15. The van der Waals surface area contributed by atoms with Crippen molar-refractivity contribution in [2.24, 2.45) is 0 Å². The second-order valence-electron chi connectivity index (χ2n) is 6.16. The standard InChI is InChI=1S/C18H27N3/c1-7-10-19-18-15-11-14(21(5)6)8-9-16(15)20-13(4)17(18)12(2)3/h8-9,11-12H,7,10H2,1-6H3,(H,19,20). The van der Waals surface area contributed by atoms with Crippen molar-refractivity contribution < 1.29 is 0 Å². The molecular weight excluding hydrogens is 258 g/mol. The van der Waals surface area contributed by atoms with E-state index in [0.717, 1.165) is 24.2 Å². The number of aromatic nitrogens is 1. The number of fused-ring (bicyclic) bond motifs is 1. The first-order chi connectivity index (χ1) is 9.95. The van der Waals surface area contributed by atoms with Gasteiger partial charge in [0.1, 0.15) is 0 Å². The molecule has 0 amide bonds. The van der Waals surface area contributed by atoms with Gasteiger partial charge in [-0.25, -0.2) is 0 Å². The summed E-state index contributed by atoms with van der Waals surface area (Å²) >= 11 is 0. The SMILES string of the molecule is CCCNc1c(C(C)C)c(C)nc2ccc(N(C)C)cc12. The van der Waals surface area contributed by atoms with Gasteiger partial charge in [0.25, 0.3) is 0 Å². The number of hydrogen-bond acceptors (Lipinski definition) is 3. The van der Waals surface area contributed by atoms with Crippen molar-refractivity contribution in [1.82, 2.24) is 4.98 Å². The molecule has 0 fully saturated rings. The number of aryl methyl sites for hydroxylation is 1. The Hall–Kier alpha value is -1.77. The minimum Gasteiger partial charge on any atom is -0.384 e. The van der Waals surface area contributed by atoms with E-state index in [9.17, 15) is 0 Å². The van der Waals surface area contributed by atoms with Crippen LogP contribution in [0.5, 0.6) is 0 Å². The number of benzene rings is 1. The molecule has 3 heteroatoms. The second-order valence-corrected chi connectivity index (χ2v) is 6.16. The third-order valence-electron chi connectivity index (χ3n) is 3.84. The fourth-order valence-corrected chi connectivity index (χ4v) is 2.81. The molecule has 0 radical (unpaired) electrons. The molecule has 21 heavy (non-hydrogen) atoms. The summed E-state index contributed by atoms with van der Waals surface area (Å²) in [6, 6.07) is 6.50. The maximum atomic E-state index is 4.81. The molecule has 3 nitrogen and oxygen atoms in total. The summed E-state index contributed by atoms with van der Waals surface area (Å²) in [5.74, 6) is 0.462. The molecule has 0 aliphatic carbocycles. The summed E-state index contributed by atoms with van der Waals surface area (Å²) in [6.45, 7) is 9.78. The molecule has 1 N–H and O–H groups in total. The van der Waals surface area contributed by atoms with Crippen LogP contribution >= 0.6 is 0 Å². The number of hydrogen-bond donors (Lipinski definition) is 1. The highest BCUT2D eigenvalue weighted by atomic mass is 15.1. The molecule has 1 aromatic heterocycles. The summed E-state index contributed by atoms with van der Waals surface area (Å²) in [7, 11) is 4.15. The third-order valence-corrected chi connectivity index (χ3v) is 3.84. The summed E-state index contributed by atoms with van der Waals surface area (Å²) < 4.78 is 0. The van der Waals surface area contributed by atoms with E-state index >= 15 is 0 Å². The molecule has 0 bridgehead atoms. The molecule has 1 heterocycles. The van der Waals surface area contributed by atoms with E-state index in [4.69, 9.17) is 4.98 Å². The summed E-state index contributed by atoms with van der Waals surface area (Å²) in [4.78, 5) is 6.94. The number of pyridine rings is 1. The van der Waals surface area contributed by atoms with Gasteiger partial charge < -0.3 is 10.2 Å². The van der Waals surface area contributed by atoms with Gasteiger partial charge in [0.05, 0.1) is 5.52 Å². The molecule has 2 aromatic rings. The van der Waals surface area contributed by atoms with Gasteiger partial charge in [-0.2, -0.15) is 0 Å². The van der Waals surface area contributed by atoms with E-state index in [1.165, 1.54) is 22.3 Å². The number of nitrogens with one attached hydrogen (secondary N) is 1. The van der Waals surface area contributed by atoms with Crippen molar-refractivity contribution in [3.8, 4) is 0 Å². The van der Waals surface area contributed by atoms with Gasteiger partial charge in [0.15, 0.2) is 0 Å². The fraction of sp³-hybridized carbons (Fsp3) is 0.500. The number of rotatable bonds is 5. The van der Waals surface area contributed by atoms with E-state index in [0.29, 0.717) is 5.92 Å². The van der Waals surface area contributed by atoms with E-state index in [2.05, 4.69) is 70.2 Å². The van der Waals surface area contributed by atoms with Crippen LogP contribution in [0.15, 0.2) is 18.2 Å². The van der Waals surface area contributed by atoms with Crippen LogP contribution in [0.1, 0.15) is 44.4 Å². The lowest BCUT2D eigenvalue weighted by Crippen LogP contribution is -2.10. The van der Waals surface area contributed by atoms with Crippen molar-refractivity contribution in [2.45, 2.75) is 40.0 Å². The van der Waals surface area contributed by atoms with Crippen LogP contribution in [-0.2, 0) is 0 Å². The first kappa shape index (κ1) is 15.6. The molecule has 0 saturated heterocycles. The van der Waals surface area contributed by atoms with Crippen LogP contribution in [0.3, 0.4) is 0 Å². The lowest BCUT2D eigenvalue weighted by molar-refractivity contribution is 0.844. The van der Waals surface area contributed by atoms with Crippen LogP contribution < -0.4 is 10.2 Å². The topological polar surface area (TPSA) is 28.2 Å². The van der Waals surface area contributed by atoms with Crippen LogP contribution in [0.25, 0.3) is 10.9 Å². The fourth-order valence-electron chi connectivity index (χ4n) is 2.81. The van der Waals surface area contributed by atoms with Crippen LogP contribution in [-0.4, -0.2) is 25.6 Å². The quantitative estimate of drug-likeness (QED) is 0.873. The smallest absolute Gasteiger partial charge is 0.0727 e. The summed E-state index contributed by atoms with van der Waals surface area (Å²) in [5, 5.41) is 4.86. The summed E-state index contributed by atoms with van der Waals surface area (Å²) in [5.41, 5.74) is 6.02. The lowest BCUT2D eigenvalue weighted by Gasteiger charge is -2.21. The lowest BCUT2D eigenvalue weighted by atomic mass is 9.96. The Kier molecular flexibility index (Phi) is 4.71. The Balaban J connectivity index is 2.72. The van der Waals surface area contributed by atoms with Crippen LogP contribution in [0, 0.1) is 6.92 Å². The minimum atomic E-state index is 0.462. The third kappa shape index (κ3) is 3.12. The van der Waals surface area contributed by atoms with Gasteiger partial charge >= 0.3 is 0 Å². The van der Waals surface area contributed by atoms with Gasteiger partial charge in [-0.15, -0.1) is 0 Å².